The number of hydrogen-bond donors (Lipinski definition) is 1. The van der Waals surface area contributed by atoms with Crippen molar-refractivity contribution in [1.29, 1.82) is 0 Å². The average molecular weight is 376 g/mol. The van der Waals surface area contributed by atoms with Gasteiger partial charge in [-0.05, 0) is 38.1 Å². The molecule has 0 aliphatic carbocycles. The first-order chi connectivity index (χ1) is 13.2. The lowest BCUT2D eigenvalue weighted by Gasteiger charge is -2.34. The predicted molar refractivity (Wildman–Crippen MR) is 114 cm³/mol. The van der Waals surface area contributed by atoms with E-state index in [4.69, 9.17) is 4.74 Å². The van der Waals surface area contributed by atoms with Crippen molar-refractivity contribution in [3.8, 4) is 5.75 Å². The summed E-state index contributed by atoms with van der Waals surface area (Å²) < 4.78 is 5.76. The number of likely N-dealkylation sites (N-methyl/N-ethyl adjacent to an activating group) is 2. The van der Waals surface area contributed by atoms with Crippen LogP contribution in [0.4, 0.5) is 0 Å². The molecule has 1 saturated heterocycles. The number of aliphatic imine (C=N–C) groups is 1. The van der Waals surface area contributed by atoms with Crippen molar-refractivity contribution in [1.82, 2.24) is 20.0 Å². The van der Waals surface area contributed by atoms with Crippen LogP contribution in [0.25, 0.3) is 0 Å². The molecule has 0 unspecified atom stereocenters. The van der Waals surface area contributed by atoms with E-state index >= 15 is 0 Å². The second kappa shape index (κ2) is 12.6. The topological polar surface area (TPSA) is 43.3 Å². The Morgan fingerprint density at radius 2 is 1.81 bits per heavy atom. The van der Waals surface area contributed by atoms with E-state index in [1.807, 2.05) is 37.4 Å². The van der Waals surface area contributed by atoms with E-state index in [2.05, 4.69) is 39.0 Å². The normalized spacial score (nSPS) is 16.3. The van der Waals surface area contributed by atoms with Crippen LogP contribution in [0.3, 0.4) is 0 Å². The number of guanidine groups is 1. The number of nitrogens with one attached hydrogen (secondary N) is 1. The molecule has 0 amide bonds. The van der Waals surface area contributed by atoms with Crippen LogP contribution in [0.15, 0.2) is 35.3 Å². The highest BCUT2D eigenvalue weighted by molar-refractivity contribution is 5.79. The maximum absolute atomic E-state index is 5.76. The highest BCUT2D eigenvalue weighted by Crippen LogP contribution is 2.08. The Kier molecular flexibility index (Phi) is 10.0. The zero-order chi connectivity index (χ0) is 19.3. The quantitative estimate of drug-likeness (QED) is 0.385. The molecule has 1 aliphatic heterocycles. The van der Waals surface area contributed by atoms with Gasteiger partial charge in [0.15, 0.2) is 5.96 Å². The zero-order valence-electron chi connectivity index (χ0n) is 17.4. The van der Waals surface area contributed by atoms with Gasteiger partial charge < -0.3 is 24.8 Å². The number of ether oxygens (including phenoxy) is 1. The van der Waals surface area contributed by atoms with Gasteiger partial charge in [0.1, 0.15) is 12.4 Å². The van der Waals surface area contributed by atoms with Crippen LogP contribution < -0.4 is 10.1 Å². The van der Waals surface area contributed by atoms with Gasteiger partial charge >= 0.3 is 0 Å². The van der Waals surface area contributed by atoms with Crippen LogP contribution in [-0.2, 0) is 0 Å². The second-order valence-corrected chi connectivity index (χ2v) is 7.04. The third kappa shape index (κ3) is 8.18. The van der Waals surface area contributed by atoms with Gasteiger partial charge in [-0.3, -0.25) is 4.99 Å². The molecule has 0 radical (unpaired) electrons. The van der Waals surface area contributed by atoms with Crippen LogP contribution in [-0.4, -0.2) is 93.7 Å². The fourth-order valence-corrected chi connectivity index (χ4v) is 3.30. The van der Waals surface area contributed by atoms with Crippen molar-refractivity contribution in [2.24, 2.45) is 4.99 Å². The second-order valence-electron chi connectivity index (χ2n) is 7.04. The summed E-state index contributed by atoms with van der Waals surface area (Å²) in [5, 5.41) is 3.47. The molecule has 6 heteroatoms. The molecule has 1 fully saturated rings. The van der Waals surface area contributed by atoms with E-state index < -0.39 is 0 Å². The Labute approximate surface area is 165 Å². The smallest absolute Gasteiger partial charge is 0.193 e. The Balaban J connectivity index is 1.54. The van der Waals surface area contributed by atoms with Crippen LogP contribution in [0.2, 0.25) is 0 Å². The van der Waals surface area contributed by atoms with Crippen molar-refractivity contribution >= 4 is 5.96 Å². The van der Waals surface area contributed by atoms with Gasteiger partial charge in [-0.15, -0.1) is 0 Å². The largest absolute Gasteiger partial charge is 0.492 e. The average Bonchev–Trinajstić information content (AvgIpc) is 2.72. The molecule has 0 saturated carbocycles. The molecule has 1 heterocycles. The van der Waals surface area contributed by atoms with Gasteiger partial charge in [-0.1, -0.05) is 25.1 Å². The molecule has 0 bridgehead atoms. The molecule has 1 aliphatic rings. The molecule has 152 valence electrons. The van der Waals surface area contributed by atoms with E-state index in [1.54, 1.807) is 0 Å². The third-order valence-corrected chi connectivity index (χ3v) is 5.11. The van der Waals surface area contributed by atoms with E-state index in [1.165, 1.54) is 52.1 Å². The SMILES string of the molecule is CCN1CCN(CCCCNC(=NC)N(C)CCOc2ccccc2)CC1. The molecule has 0 aromatic heterocycles. The van der Waals surface area contributed by atoms with Gasteiger partial charge in [0, 0.05) is 46.8 Å². The monoisotopic (exact) mass is 375 g/mol. The van der Waals surface area contributed by atoms with Crippen molar-refractivity contribution in [3.05, 3.63) is 30.3 Å². The first-order valence-electron chi connectivity index (χ1n) is 10.3. The molecule has 1 aromatic rings. The lowest BCUT2D eigenvalue weighted by atomic mass is 10.2. The summed E-state index contributed by atoms with van der Waals surface area (Å²) in [7, 11) is 3.89. The lowest BCUT2D eigenvalue weighted by Crippen LogP contribution is -2.46. The van der Waals surface area contributed by atoms with Crippen molar-refractivity contribution < 1.29 is 4.74 Å². The first-order valence-corrected chi connectivity index (χ1v) is 10.3. The summed E-state index contributed by atoms with van der Waals surface area (Å²) in [6.45, 7) is 11.9. The molecular formula is C21H37N5O. The molecule has 2 rings (SSSR count). The lowest BCUT2D eigenvalue weighted by molar-refractivity contribution is 0.136. The van der Waals surface area contributed by atoms with Gasteiger partial charge in [-0.2, -0.15) is 0 Å². The Morgan fingerprint density at radius 1 is 1.11 bits per heavy atom. The maximum Gasteiger partial charge on any atom is 0.193 e. The minimum absolute atomic E-state index is 0.644. The van der Waals surface area contributed by atoms with Crippen molar-refractivity contribution in [3.63, 3.8) is 0 Å². The number of nitrogens with zero attached hydrogens (tertiary/aromatic N) is 4. The fourth-order valence-electron chi connectivity index (χ4n) is 3.30. The summed E-state index contributed by atoms with van der Waals surface area (Å²) in [4.78, 5) is 11.6. The summed E-state index contributed by atoms with van der Waals surface area (Å²) in [5.74, 6) is 1.84. The number of hydrogen-bond acceptors (Lipinski definition) is 4. The number of piperazine rings is 1. The van der Waals surface area contributed by atoms with Gasteiger partial charge in [0.05, 0.1) is 6.54 Å². The number of rotatable bonds is 10. The molecule has 1 aromatic carbocycles. The summed E-state index contributed by atoms with van der Waals surface area (Å²) >= 11 is 0. The van der Waals surface area contributed by atoms with Gasteiger partial charge in [0.2, 0.25) is 0 Å². The van der Waals surface area contributed by atoms with Gasteiger partial charge in [-0.25, -0.2) is 0 Å². The predicted octanol–water partition coefficient (Wildman–Crippen LogP) is 1.99. The number of benzene rings is 1. The standard InChI is InChI=1S/C21H37N5O/c1-4-25-14-16-26(17-15-25)13-9-8-12-23-21(22-2)24(3)18-19-27-20-10-6-5-7-11-20/h5-7,10-11H,4,8-9,12-19H2,1-3H3,(H,22,23). The Hall–Kier alpha value is -1.79. The molecule has 0 atom stereocenters. The summed E-state index contributed by atoms with van der Waals surface area (Å²) in [5.41, 5.74) is 0. The van der Waals surface area contributed by atoms with Crippen molar-refractivity contribution in [2.45, 2.75) is 19.8 Å². The van der Waals surface area contributed by atoms with Crippen LogP contribution in [0.1, 0.15) is 19.8 Å². The fraction of sp³-hybridized carbons (Fsp3) is 0.667. The molecule has 1 N–H and O–H groups in total. The van der Waals surface area contributed by atoms with Crippen molar-refractivity contribution in [2.75, 3.05) is 73.1 Å². The highest BCUT2D eigenvalue weighted by Gasteiger charge is 2.14. The van der Waals surface area contributed by atoms with Crippen LogP contribution in [0.5, 0.6) is 5.75 Å². The number of unbranched alkanes of at least 4 members (excludes halogenated alkanes) is 1. The van der Waals surface area contributed by atoms with E-state index in [-0.39, 0.29) is 0 Å². The van der Waals surface area contributed by atoms with Crippen LogP contribution >= 0.6 is 0 Å². The zero-order valence-corrected chi connectivity index (χ0v) is 17.4. The minimum atomic E-state index is 0.644. The summed E-state index contributed by atoms with van der Waals surface area (Å²) in [6, 6.07) is 9.94. The van der Waals surface area contributed by atoms with E-state index in [0.29, 0.717) is 6.61 Å². The maximum atomic E-state index is 5.76. The Bertz CT molecular complexity index is 529. The third-order valence-electron chi connectivity index (χ3n) is 5.11. The van der Waals surface area contributed by atoms with Crippen LogP contribution in [0, 0.1) is 0 Å². The number of para-hydroxylation sites is 1. The van der Waals surface area contributed by atoms with E-state index in [0.717, 1.165) is 24.8 Å². The van der Waals surface area contributed by atoms with Gasteiger partial charge in [0.25, 0.3) is 0 Å². The minimum Gasteiger partial charge on any atom is -0.492 e. The Morgan fingerprint density at radius 3 is 2.48 bits per heavy atom. The summed E-state index contributed by atoms with van der Waals surface area (Å²) in [6.07, 6.45) is 2.40. The highest BCUT2D eigenvalue weighted by atomic mass is 16.5. The molecule has 27 heavy (non-hydrogen) atoms. The van der Waals surface area contributed by atoms with E-state index in [9.17, 15) is 0 Å². The molecule has 0 spiro atoms. The first kappa shape index (κ1) is 21.5. The molecular weight excluding hydrogens is 338 g/mol. The molecule has 6 nitrogen and oxygen atoms in total.